The van der Waals surface area contributed by atoms with Crippen LogP contribution in [0.15, 0.2) is 30.3 Å². The molecule has 1 N–H and O–H groups in total. The number of rotatable bonds is 4. The lowest BCUT2D eigenvalue weighted by molar-refractivity contribution is -0.123. The van der Waals surface area contributed by atoms with Crippen molar-refractivity contribution >= 4 is 21.8 Å². The molecule has 0 radical (unpaired) electrons. The minimum absolute atomic E-state index is 0.214. The van der Waals surface area contributed by atoms with E-state index in [1.807, 2.05) is 18.2 Å². The molecule has 0 bridgehead atoms. The maximum Gasteiger partial charge on any atom is 0.230 e. The second-order valence-electron chi connectivity index (χ2n) is 6.28. The molecule has 2 saturated carbocycles. The molecule has 0 atom stereocenters. The lowest BCUT2D eigenvalue weighted by Gasteiger charge is -2.26. The highest BCUT2D eigenvalue weighted by Crippen LogP contribution is 2.48. The van der Waals surface area contributed by atoms with E-state index >= 15 is 0 Å². The van der Waals surface area contributed by atoms with Crippen molar-refractivity contribution in [1.29, 1.82) is 0 Å². The van der Waals surface area contributed by atoms with Gasteiger partial charge in [0.2, 0.25) is 5.91 Å². The van der Waals surface area contributed by atoms with E-state index in [9.17, 15) is 4.79 Å². The molecule has 3 rings (SSSR count). The Morgan fingerprint density at radius 3 is 2.40 bits per heavy atom. The van der Waals surface area contributed by atoms with E-state index < -0.39 is 0 Å². The summed E-state index contributed by atoms with van der Waals surface area (Å²) in [4.78, 5) is 13.2. The maximum atomic E-state index is 12.5. The SMILES string of the molecule is O=C(NCC1CCC(Br)CC1)C1(c2ccccc2)CC1. The van der Waals surface area contributed by atoms with Gasteiger partial charge in [-0.05, 0) is 50.0 Å². The molecule has 0 unspecified atom stereocenters. The molecule has 2 aliphatic carbocycles. The van der Waals surface area contributed by atoms with Gasteiger partial charge in [0.05, 0.1) is 5.41 Å². The summed E-state index contributed by atoms with van der Waals surface area (Å²) in [5, 5.41) is 3.21. The van der Waals surface area contributed by atoms with Crippen LogP contribution in [0.2, 0.25) is 0 Å². The van der Waals surface area contributed by atoms with Crippen LogP contribution in [-0.2, 0) is 10.2 Å². The first-order valence-electron chi connectivity index (χ1n) is 7.68. The van der Waals surface area contributed by atoms with Gasteiger partial charge in [0.25, 0.3) is 0 Å². The van der Waals surface area contributed by atoms with Crippen LogP contribution in [0.1, 0.15) is 44.1 Å². The zero-order valence-electron chi connectivity index (χ0n) is 11.8. The second kappa shape index (κ2) is 5.88. The van der Waals surface area contributed by atoms with Crippen molar-refractivity contribution in [3.63, 3.8) is 0 Å². The first kappa shape index (κ1) is 14.1. The second-order valence-corrected chi connectivity index (χ2v) is 7.57. The van der Waals surface area contributed by atoms with Crippen LogP contribution >= 0.6 is 15.9 Å². The highest BCUT2D eigenvalue weighted by atomic mass is 79.9. The Balaban J connectivity index is 1.55. The summed E-state index contributed by atoms with van der Waals surface area (Å²) >= 11 is 3.68. The molecule has 2 nitrogen and oxygen atoms in total. The fourth-order valence-corrected chi connectivity index (χ4v) is 3.79. The molecular formula is C17H22BrNO. The van der Waals surface area contributed by atoms with Gasteiger partial charge in [0, 0.05) is 11.4 Å². The van der Waals surface area contributed by atoms with Crippen LogP contribution in [0.25, 0.3) is 0 Å². The van der Waals surface area contributed by atoms with E-state index in [4.69, 9.17) is 0 Å². The van der Waals surface area contributed by atoms with Crippen molar-refractivity contribution < 1.29 is 4.79 Å². The lowest BCUT2D eigenvalue weighted by atomic mass is 9.88. The predicted octanol–water partition coefficient (Wildman–Crippen LogP) is 3.79. The number of alkyl halides is 1. The Morgan fingerprint density at radius 1 is 1.15 bits per heavy atom. The standard InChI is InChI=1S/C17H22BrNO/c18-15-8-6-13(7-9-15)12-19-16(20)17(10-11-17)14-4-2-1-3-5-14/h1-5,13,15H,6-12H2,(H,19,20). The van der Waals surface area contributed by atoms with Crippen LogP contribution in [0.4, 0.5) is 0 Å². The first-order valence-corrected chi connectivity index (χ1v) is 8.60. The number of carbonyl (C=O) groups excluding carboxylic acids is 1. The van der Waals surface area contributed by atoms with Crippen molar-refractivity contribution in [3.8, 4) is 0 Å². The molecule has 0 aromatic heterocycles. The summed E-state index contributed by atoms with van der Waals surface area (Å²) in [6, 6.07) is 10.2. The molecule has 0 spiro atoms. The monoisotopic (exact) mass is 335 g/mol. The van der Waals surface area contributed by atoms with E-state index in [0.29, 0.717) is 10.7 Å². The minimum Gasteiger partial charge on any atom is -0.355 e. The maximum absolute atomic E-state index is 12.5. The third-order valence-electron chi connectivity index (χ3n) is 4.84. The Morgan fingerprint density at radius 2 is 1.80 bits per heavy atom. The van der Waals surface area contributed by atoms with Gasteiger partial charge in [-0.15, -0.1) is 0 Å². The van der Waals surface area contributed by atoms with Gasteiger partial charge in [0.1, 0.15) is 0 Å². The first-order chi connectivity index (χ1) is 9.71. The summed E-state index contributed by atoms with van der Waals surface area (Å²) < 4.78 is 0. The average molecular weight is 336 g/mol. The predicted molar refractivity (Wildman–Crippen MR) is 85.0 cm³/mol. The number of hydrogen-bond acceptors (Lipinski definition) is 1. The van der Waals surface area contributed by atoms with E-state index in [-0.39, 0.29) is 11.3 Å². The Bertz CT molecular complexity index is 461. The number of hydrogen-bond donors (Lipinski definition) is 1. The van der Waals surface area contributed by atoms with Gasteiger partial charge in [-0.25, -0.2) is 0 Å². The summed E-state index contributed by atoms with van der Waals surface area (Å²) in [6.07, 6.45) is 6.94. The molecular weight excluding hydrogens is 314 g/mol. The Kier molecular flexibility index (Phi) is 4.16. The number of halogens is 1. The fourth-order valence-electron chi connectivity index (χ4n) is 3.26. The van der Waals surface area contributed by atoms with E-state index in [1.54, 1.807) is 0 Å². The van der Waals surface area contributed by atoms with E-state index in [0.717, 1.165) is 19.4 Å². The van der Waals surface area contributed by atoms with E-state index in [2.05, 4.69) is 33.4 Å². The van der Waals surface area contributed by atoms with Crippen molar-refractivity contribution in [2.75, 3.05) is 6.54 Å². The lowest BCUT2D eigenvalue weighted by Crippen LogP contribution is -2.38. The summed E-state index contributed by atoms with van der Waals surface area (Å²) in [7, 11) is 0. The Labute approximate surface area is 129 Å². The number of carbonyl (C=O) groups is 1. The molecule has 1 aromatic carbocycles. The van der Waals surface area contributed by atoms with Gasteiger partial charge in [-0.3, -0.25) is 4.79 Å². The average Bonchev–Trinajstić information content (AvgIpc) is 3.29. The topological polar surface area (TPSA) is 29.1 Å². The van der Waals surface area contributed by atoms with Gasteiger partial charge in [0.15, 0.2) is 0 Å². The van der Waals surface area contributed by atoms with Crippen molar-refractivity contribution in [2.24, 2.45) is 5.92 Å². The highest BCUT2D eigenvalue weighted by molar-refractivity contribution is 9.09. The molecule has 2 aliphatic rings. The van der Waals surface area contributed by atoms with Crippen molar-refractivity contribution in [1.82, 2.24) is 5.32 Å². The zero-order chi connectivity index (χ0) is 14.0. The molecule has 0 heterocycles. The minimum atomic E-state index is -0.214. The zero-order valence-corrected chi connectivity index (χ0v) is 13.4. The number of nitrogens with one attached hydrogen (secondary N) is 1. The molecule has 0 saturated heterocycles. The number of amides is 1. The number of benzene rings is 1. The van der Waals surface area contributed by atoms with Crippen molar-refractivity contribution in [2.45, 2.75) is 48.8 Å². The van der Waals surface area contributed by atoms with Crippen LogP contribution < -0.4 is 5.32 Å². The third-order valence-corrected chi connectivity index (χ3v) is 5.75. The van der Waals surface area contributed by atoms with Gasteiger partial charge in [-0.2, -0.15) is 0 Å². The van der Waals surface area contributed by atoms with Crippen LogP contribution in [-0.4, -0.2) is 17.3 Å². The normalized spacial score (nSPS) is 27.9. The third kappa shape index (κ3) is 2.93. The van der Waals surface area contributed by atoms with Crippen molar-refractivity contribution in [3.05, 3.63) is 35.9 Å². The molecule has 20 heavy (non-hydrogen) atoms. The smallest absolute Gasteiger partial charge is 0.230 e. The molecule has 1 aromatic rings. The molecule has 3 heteroatoms. The van der Waals surface area contributed by atoms with Gasteiger partial charge < -0.3 is 5.32 Å². The quantitative estimate of drug-likeness (QED) is 0.833. The summed E-state index contributed by atoms with van der Waals surface area (Å²) in [5.74, 6) is 0.906. The molecule has 108 valence electrons. The van der Waals surface area contributed by atoms with E-state index in [1.165, 1.54) is 31.2 Å². The molecule has 1 amide bonds. The summed E-state index contributed by atoms with van der Waals surface area (Å²) in [5.41, 5.74) is 0.968. The highest BCUT2D eigenvalue weighted by Gasteiger charge is 2.51. The van der Waals surface area contributed by atoms with Gasteiger partial charge in [-0.1, -0.05) is 46.3 Å². The summed E-state index contributed by atoms with van der Waals surface area (Å²) in [6.45, 7) is 0.854. The fraction of sp³-hybridized carbons (Fsp3) is 0.588. The molecule has 0 aliphatic heterocycles. The van der Waals surface area contributed by atoms with Crippen LogP contribution in [0.5, 0.6) is 0 Å². The molecule has 2 fully saturated rings. The largest absolute Gasteiger partial charge is 0.355 e. The van der Waals surface area contributed by atoms with Crippen LogP contribution in [0.3, 0.4) is 0 Å². The van der Waals surface area contributed by atoms with Crippen LogP contribution in [0, 0.1) is 5.92 Å². The van der Waals surface area contributed by atoms with Gasteiger partial charge >= 0.3 is 0 Å². The Hall–Kier alpha value is -0.830.